The van der Waals surface area contributed by atoms with Gasteiger partial charge in [0.25, 0.3) is 0 Å². The van der Waals surface area contributed by atoms with Crippen molar-refractivity contribution >= 4 is 33.4 Å². The number of benzene rings is 1. The van der Waals surface area contributed by atoms with Crippen LogP contribution >= 0.6 is 0 Å². The maximum atomic E-state index is 16.5. The summed E-state index contributed by atoms with van der Waals surface area (Å²) in [4.78, 5) is 33.2. The summed E-state index contributed by atoms with van der Waals surface area (Å²) >= 11 is 0. The van der Waals surface area contributed by atoms with Crippen molar-refractivity contribution in [3.8, 4) is 23.7 Å². The Hall–Kier alpha value is -4.14. The van der Waals surface area contributed by atoms with E-state index in [-0.39, 0.29) is 40.1 Å². The third kappa shape index (κ3) is 3.99. The van der Waals surface area contributed by atoms with E-state index >= 15 is 4.39 Å². The van der Waals surface area contributed by atoms with Crippen molar-refractivity contribution in [3.63, 3.8) is 0 Å². The maximum Gasteiger partial charge on any atom is 0.249 e. The molecular formula is C28H24F2N6O3. The van der Waals surface area contributed by atoms with Crippen LogP contribution in [0.5, 0.6) is 0 Å². The van der Waals surface area contributed by atoms with Gasteiger partial charge in [-0.1, -0.05) is 12.0 Å². The molecule has 3 aliphatic heterocycles. The molecule has 9 nitrogen and oxygen atoms in total. The van der Waals surface area contributed by atoms with Crippen molar-refractivity contribution in [2.45, 2.75) is 25.0 Å². The van der Waals surface area contributed by atoms with Gasteiger partial charge in [0.2, 0.25) is 11.5 Å². The normalized spacial score (nSPS) is 21.1. The molecule has 0 spiro atoms. The van der Waals surface area contributed by atoms with Crippen LogP contribution in [0, 0.1) is 24.0 Å². The zero-order valence-corrected chi connectivity index (χ0v) is 20.9. The Morgan fingerprint density at radius 1 is 1.08 bits per heavy atom. The Bertz CT molecular complexity index is 1720. The van der Waals surface area contributed by atoms with Gasteiger partial charge in [-0.15, -0.1) is 6.42 Å². The molecular weight excluding hydrogens is 506 g/mol. The number of nitrogens with zero attached hydrogens (tertiary/aromatic N) is 5. The molecule has 3 saturated heterocycles. The minimum absolute atomic E-state index is 0.00171. The lowest BCUT2D eigenvalue weighted by Crippen LogP contribution is -2.43. The Balaban J connectivity index is 1.47. The fourth-order valence-electron chi connectivity index (χ4n) is 5.80. The van der Waals surface area contributed by atoms with Gasteiger partial charge in [0.15, 0.2) is 5.82 Å². The van der Waals surface area contributed by atoms with Gasteiger partial charge in [0.1, 0.15) is 22.8 Å². The van der Waals surface area contributed by atoms with Crippen molar-refractivity contribution in [3.05, 3.63) is 51.9 Å². The van der Waals surface area contributed by atoms with Gasteiger partial charge in [-0.25, -0.2) is 13.8 Å². The topological polar surface area (TPSA) is 96.5 Å². The number of morpholine rings is 2. The molecule has 3 aromatic heterocycles. The Labute approximate surface area is 221 Å². The molecule has 0 amide bonds. The van der Waals surface area contributed by atoms with Crippen molar-refractivity contribution < 1.29 is 18.3 Å². The van der Waals surface area contributed by atoms with Crippen LogP contribution in [0.3, 0.4) is 0 Å². The number of hydrogen-bond acceptors (Lipinski definition) is 8. The smallest absolute Gasteiger partial charge is 0.249 e. The second-order valence-electron chi connectivity index (χ2n) is 10.0. The van der Waals surface area contributed by atoms with Crippen molar-refractivity contribution in [2.24, 2.45) is 0 Å². The first-order valence-corrected chi connectivity index (χ1v) is 12.9. The number of fused-ring (bicyclic) bond motifs is 4. The number of halogens is 2. The molecule has 2 bridgehead atoms. The molecule has 0 radical (unpaired) electrons. The average molecular weight is 531 g/mol. The number of hydrogen-bond donors (Lipinski definition) is 1. The van der Waals surface area contributed by atoms with Crippen molar-refractivity contribution in [1.29, 1.82) is 0 Å². The van der Waals surface area contributed by atoms with Crippen LogP contribution < -0.4 is 15.4 Å². The fraction of sp³-hybridized carbons (Fsp3) is 0.357. The highest BCUT2D eigenvalue weighted by Crippen LogP contribution is 2.37. The number of nitrogens with one attached hydrogen (secondary N) is 1. The van der Waals surface area contributed by atoms with Crippen LogP contribution in [0.2, 0.25) is 0 Å². The number of aromatic amines is 1. The molecule has 39 heavy (non-hydrogen) atoms. The van der Waals surface area contributed by atoms with E-state index in [1.54, 1.807) is 0 Å². The van der Waals surface area contributed by atoms with Crippen LogP contribution in [0.25, 0.3) is 33.1 Å². The van der Waals surface area contributed by atoms with Gasteiger partial charge in [-0.3, -0.25) is 9.78 Å². The van der Waals surface area contributed by atoms with Gasteiger partial charge in [0, 0.05) is 43.8 Å². The number of H-pyrrole nitrogens is 1. The lowest BCUT2D eigenvalue weighted by atomic mass is 10.0. The Morgan fingerprint density at radius 2 is 1.85 bits per heavy atom. The predicted molar refractivity (Wildman–Crippen MR) is 142 cm³/mol. The molecule has 0 unspecified atom stereocenters. The van der Waals surface area contributed by atoms with Crippen molar-refractivity contribution in [1.82, 2.24) is 19.9 Å². The summed E-state index contributed by atoms with van der Waals surface area (Å²) in [6.07, 6.45) is 9.25. The maximum absolute atomic E-state index is 16.5. The fourth-order valence-corrected chi connectivity index (χ4v) is 5.80. The van der Waals surface area contributed by atoms with Crippen molar-refractivity contribution in [2.75, 3.05) is 49.2 Å². The summed E-state index contributed by atoms with van der Waals surface area (Å²) in [5.41, 5.74) is -0.689. The van der Waals surface area contributed by atoms with Crippen LogP contribution in [-0.2, 0) is 9.47 Å². The summed E-state index contributed by atoms with van der Waals surface area (Å²) < 4.78 is 42.7. The molecule has 4 aromatic rings. The lowest BCUT2D eigenvalue weighted by Gasteiger charge is -2.34. The molecule has 2 atom stereocenters. The number of anilines is 2. The van der Waals surface area contributed by atoms with E-state index in [0.717, 1.165) is 12.8 Å². The van der Waals surface area contributed by atoms with Gasteiger partial charge in [-0.2, -0.15) is 4.98 Å². The SMILES string of the molecule is C#Cc1c(F)ccc2cc(=O)[nH]c(-c3ncc4c(N5C[C@H]6CC[C@@H](C5)O6)nc(N5CCOCC5)nc4c3F)c12. The first-order valence-electron chi connectivity index (χ1n) is 12.9. The van der Waals surface area contributed by atoms with Gasteiger partial charge in [-0.05, 0) is 24.3 Å². The van der Waals surface area contributed by atoms with Gasteiger partial charge < -0.3 is 24.3 Å². The van der Waals surface area contributed by atoms with Crippen LogP contribution in [-0.4, -0.2) is 71.5 Å². The quantitative estimate of drug-likeness (QED) is 0.404. The molecule has 0 aliphatic carbocycles. The van der Waals surface area contributed by atoms with E-state index in [1.807, 2.05) is 4.90 Å². The first-order chi connectivity index (χ1) is 19.0. The Morgan fingerprint density at radius 3 is 2.59 bits per heavy atom. The highest BCUT2D eigenvalue weighted by molar-refractivity contribution is 6.00. The monoisotopic (exact) mass is 530 g/mol. The van der Waals surface area contributed by atoms with E-state index in [4.69, 9.17) is 20.9 Å². The molecule has 6 heterocycles. The molecule has 0 saturated carbocycles. The summed E-state index contributed by atoms with van der Waals surface area (Å²) in [6, 6.07) is 3.92. The van der Waals surface area contributed by atoms with E-state index in [9.17, 15) is 9.18 Å². The highest BCUT2D eigenvalue weighted by atomic mass is 19.1. The zero-order valence-electron chi connectivity index (χ0n) is 20.9. The standard InChI is InChI=1S/C28H24F2N6O3/c1-2-18-20(29)6-3-15-11-21(37)32-25(22(15)18)26-23(30)24-19(12-31-26)27(36-13-16-4-5-17(14-36)39-16)34-28(33-24)35-7-9-38-10-8-35/h1,3,6,11-12,16-17H,4-5,7-10,13-14H2,(H,32,37)/t16-,17+. The molecule has 3 aliphatic rings. The van der Waals surface area contributed by atoms with E-state index < -0.39 is 17.2 Å². The van der Waals surface area contributed by atoms with Gasteiger partial charge in [0.05, 0.1) is 42.1 Å². The lowest BCUT2D eigenvalue weighted by molar-refractivity contribution is 0.0303. The second-order valence-corrected chi connectivity index (χ2v) is 10.0. The first kappa shape index (κ1) is 23.9. The van der Waals surface area contributed by atoms with E-state index in [1.165, 1.54) is 24.4 Å². The number of aromatic nitrogens is 4. The number of rotatable bonds is 3. The van der Waals surface area contributed by atoms with E-state index in [2.05, 4.69) is 25.8 Å². The number of ether oxygens (including phenoxy) is 2. The number of pyridine rings is 2. The largest absolute Gasteiger partial charge is 0.378 e. The molecule has 198 valence electrons. The molecule has 1 aromatic carbocycles. The van der Waals surface area contributed by atoms with E-state index in [0.29, 0.717) is 61.9 Å². The third-order valence-corrected chi connectivity index (χ3v) is 7.64. The summed E-state index contributed by atoms with van der Waals surface area (Å²) in [6.45, 7) is 3.44. The second kappa shape index (κ2) is 9.25. The Kier molecular flexibility index (Phi) is 5.68. The molecule has 1 N–H and O–H groups in total. The van der Waals surface area contributed by atoms with Gasteiger partial charge >= 0.3 is 0 Å². The predicted octanol–water partition coefficient (Wildman–Crippen LogP) is 3.00. The minimum atomic E-state index is -0.753. The summed E-state index contributed by atoms with van der Waals surface area (Å²) in [5, 5.41) is 1.03. The van der Waals surface area contributed by atoms with Crippen LogP contribution in [0.15, 0.2) is 29.2 Å². The average Bonchev–Trinajstić information content (AvgIpc) is 3.30. The number of terminal acetylenes is 1. The van der Waals surface area contributed by atoms with Crippen LogP contribution in [0.1, 0.15) is 18.4 Å². The minimum Gasteiger partial charge on any atom is -0.378 e. The molecule has 3 fully saturated rings. The third-order valence-electron chi connectivity index (χ3n) is 7.64. The molecule has 11 heteroatoms. The summed E-state index contributed by atoms with van der Waals surface area (Å²) in [7, 11) is 0. The zero-order chi connectivity index (χ0) is 26.7. The molecule has 7 rings (SSSR count). The highest BCUT2D eigenvalue weighted by Gasteiger charge is 2.36. The summed E-state index contributed by atoms with van der Waals surface area (Å²) in [5.74, 6) is 1.90. The van der Waals surface area contributed by atoms with Crippen LogP contribution in [0.4, 0.5) is 20.5 Å².